The first-order valence-electron chi connectivity index (χ1n) is 8.90. The Morgan fingerprint density at radius 2 is 1.89 bits per heavy atom. The van der Waals surface area contributed by atoms with Crippen LogP contribution in [0.15, 0.2) is 66.7 Å². The van der Waals surface area contributed by atoms with Crippen molar-refractivity contribution in [1.82, 2.24) is 19.8 Å². The molecule has 0 radical (unpaired) electrons. The number of aryl methyl sites for hydroxylation is 1. The number of nitrogens with one attached hydrogen (secondary N) is 1. The van der Waals surface area contributed by atoms with Crippen molar-refractivity contribution in [3.63, 3.8) is 0 Å². The van der Waals surface area contributed by atoms with Gasteiger partial charge in [0, 0.05) is 17.0 Å². The molecule has 0 saturated heterocycles. The molecule has 4 rings (SSSR count). The fourth-order valence-electron chi connectivity index (χ4n) is 2.84. The van der Waals surface area contributed by atoms with Crippen LogP contribution in [-0.2, 0) is 10.5 Å². The average Bonchev–Trinajstić information content (AvgIpc) is 3.09. The molecule has 0 saturated carbocycles. The molecule has 28 heavy (non-hydrogen) atoms. The summed E-state index contributed by atoms with van der Waals surface area (Å²) in [6.07, 6.45) is 0. The summed E-state index contributed by atoms with van der Waals surface area (Å²) in [5, 5.41) is 15.6. The monoisotopic (exact) mass is 389 g/mol. The van der Waals surface area contributed by atoms with Gasteiger partial charge in [-0.1, -0.05) is 42.5 Å². The lowest BCUT2D eigenvalue weighted by molar-refractivity contribution is -0.113. The lowest BCUT2D eigenvalue weighted by atomic mass is 10.1. The lowest BCUT2D eigenvalue weighted by Crippen LogP contribution is -2.14. The molecule has 2 aromatic heterocycles. The standard InChI is InChI=1S/C21H19N5OS/c1-15-23-24-20-11-10-19(25-26(15)20)17-8-5-9-18(12-17)22-21(27)14-28-13-16-6-3-2-4-7-16/h2-12H,13-14H2,1H3,(H,22,27). The fourth-order valence-corrected chi connectivity index (χ4v) is 3.63. The highest BCUT2D eigenvalue weighted by Crippen LogP contribution is 2.21. The van der Waals surface area contributed by atoms with Crippen LogP contribution in [-0.4, -0.2) is 31.5 Å². The van der Waals surface area contributed by atoms with Crippen molar-refractivity contribution in [3.05, 3.63) is 78.1 Å². The molecule has 1 N–H and O–H groups in total. The molecule has 0 fully saturated rings. The van der Waals surface area contributed by atoms with E-state index < -0.39 is 0 Å². The van der Waals surface area contributed by atoms with Crippen LogP contribution >= 0.6 is 11.8 Å². The molecule has 0 aliphatic heterocycles. The normalized spacial score (nSPS) is 10.9. The Labute approximate surface area is 167 Å². The number of benzene rings is 2. The molecule has 0 spiro atoms. The third-order valence-corrected chi connectivity index (χ3v) is 5.21. The molecule has 2 aromatic carbocycles. The molecule has 0 aliphatic rings. The van der Waals surface area contributed by atoms with Crippen molar-refractivity contribution >= 4 is 29.0 Å². The van der Waals surface area contributed by atoms with Crippen LogP contribution in [0.25, 0.3) is 16.9 Å². The zero-order valence-electron chi connectivity index (χ0n) is 15.4. The van der Waals surface area contributed by atoms with Crippen molar-refractivity contribution in [2.45, 2.75) is 12.7 Å². The van der Waals surface area contributed by atoms with E-state index >= 15 is 0 Å². The summed E-state index contributed by atoms with van der Waals surface area (Å²) in [7, 11) is 0. The van der Waals surface area contributed by atoms with Crippen LogP contribution in [0.5, 0.6) is 0 Å². The Balaban J connectivity index is 1.41. The van der Waals surface area contributed by atoms with E-state index in [9.17, 15) is 4.79 Å². The van der Waals surface area contributed by atoms with E-state index in [4.69, 9.17) is 0 Å². The van der Waals surface area contributed by atoms with Gasteiger partial charge in [0.1, 0.15) is 0 Å². The number of fused-ring (bicyclic) bond motifs is 1. The maximum Gasteiger partial charge on any atom is 0.234 e. The summed E-state index contributed by atoms with van der Waals surface area (Å²) in [5.74, 6) is 1.94. The molecule has 4 aromatic rings. The van der Waals surface area contributed by atoms with Gasteiger partial charge in [0.15, 0.2) is 11.5 Å². The van der Waals surface area contributed by atoms with Crippen LogP contribution in [0.1, 0.15) is 11.4 Å². The maximum absolute atomic E-state index is 12.3. The van der Waals surface area contributed by atoms with Crippen molar-refractivity contribution in [2.75, 3.05) is 11.1 Å². The highest BCUT2D eigenvalue weighted by molar-refractivity contribution is 7.99. The van der Waals surface area contributed by atoms with Gasteiger partial charge in [-0.25, -0.2) is 0 Å². The van der Waals surface area contributed by atoms with Gasteiger partial charge in [-0.3, -0.25) is 4.79 Å². The predicted octanol–water partition coefficient (Wildman–Crippen LogP) is 3.97. The summed E-state index contributed by atoms with van der Waals surface area (Å²) < 4.78 is 1.71. The molecule has 1 amide bonds. The molecule has 0 aliphatic carbocycles. The minimum absolute atomic E-state index is 0.0175. The number of hydrogen-bond acceptors (Lipinski definition) is 5. The molecular weight excluding hydrogens is 370 g/mol. The van der Waals surface area contributed by atoms with Crippen molar-refractivity contribution < 1.29 is 4.79 Å². The predicted molar refractivity (Wildman–Crippen MR) is 112 cm³/mol. The number of aromatic nitrogens is 4. The Morgan fingerprint density at radius 1 is 1.04 bits per heavy atom. The molecule has 2 heterocycles. The molecule has 7 heteroatoms. The van der Waals surface area contributed by atoms with E-state index in [-0.39, 0.29) is 5.91 Å². The second-order valence-corrected chi connectivity index (χ2v) is 7.33. The maximum atomic E-state index is 12.3. The van der Waals surface area contributed by atoms with Gasteiger partial charge >= 0.3 is 0 Å². The van der Waals surface area contributed by atoms with Crippen molar-refractivity contribution in [1.29, 1.82) is 0 Å². The molecule has 0 atom stereocenters. The molecular formula is C21H19N5OS. The van der Waals surface area contributed by atoms with Crippen molar-refractivity contribution in [3.8, 4) is 11.3 Å². The molecule has 0 unspecified atom stereocenters. The number of amides is 1. The van der Waals surface area contributed by atoms with Crippen molar-refractivity contribution in [2.24, 2.45) is 0 Å². The number of rotatable bonds is 6. The van der Waals surface area contributed by atoms with E-state index in [2.05, 4.69) is 32.7 Å². The van der Waals surface area contributed by atoms with Gasteiger partial charge in [-0.15, -0.1) is 22.0 Å². The van der Waals surface area contributed by atoms with Gasteiger partial charge in [-0.05, 0) is 36.8 Å². The van der Waals surface area contributed by atoms with E-state index in [1.807, 2.05) is 61.5 Å². The van der Waals surface area contributed by atoms with Gasteiger partial charge in [-0.2, -0.15) is 9.61 Å². The van der Waals surface area contributed by atoms with Gasteiger partial charge in [0.25, 0.3) is 0 Å². The Bertz CT molecular complexity index is 1110. The molecule has 140 valence electrons. The fraction of sp³-hybridized carbons (Fsp3) is 0.143. The quantitative estimate of drug-likeness (QED) is 0.540. The van der Waals surface area contributed by atoms with Crippen LogP contribution < -0.4 is 5.32 Å². The lowest BCUT2D eigenvalue weighted by Gasteiger charge is -2.08. The first kappa shape index (κ1) is 18.2. The summed E-state index contributed by atoms with van der Waals surface area (Å²) in [5.41, 5.74) is 4.40. The largest absolute Gasteiger partial charge is 0.325 e. The minimum Gasteiger partial charge on any atom is -0.325 e. The number of thioether (sulfide) groups is 1. The SMILES string of the molecule is Cc1nnc2ccc(-c3cccc(NC(=O)CSCc4ccccc4)c3)nn12. The topological polar surface area (TPSA) is 72.2 Å². The summed E-state index contributed by atoms with van der Waals surface area (Å²) in [6.45, 7) is 1.86. The summed E-state index contributed by atoms with van der Waals surface area (Å²) >= 11 is 1.60. The number of carbonyl (C=O) groups is 1. The Morgan fingerprint density at radius 3 is 2.75 bits per heavy atom. The van der Waals surface area contributed by atoms with Crippen LogP contribution in [0.3, 0.4) is 0 Å². The molecule has 0 bridgehead atoms. The average molecular weight is 389 g/mol. The Hall–Kier alpha value is -3.19. The van der Waals surface area contributed by atoms with E-state index in [0.29, 0.717) is 11.4 Å². The van der Waals surface area contributed by atoms with E-state index in [1.165, 1.54) is 5.56 Å². The summed E-state index contributed by atoms with van der Waals surface area (Å²) in [4.78, 5) is 12.3. The summed E-state index contributed by atoms with van der Waals surface area (Å²) in [6, 6.07) is 21.6. The van der Waals surface area contributed by atoms with Gasteiger partial charge in [0.05, 0.1) is 11.4 Å². The third-order valence-electron chi connectivity index (χ3n) is 4.21. The van der Waals surface area contributed by atoms with Gasteiger partial charge in [0.2, 0.25) is 5.91 Å². The number of hydrogen-bond donors (Lipinski definition) is 1. The number of nitrogens with zero attached hydrogens (tertiary/aromatic N) is 4. The zero-order valence-corrected chi connectivity index (χ0v) is 16.2. The highest BCUT2D eigenvalue weighted by Gasteiger charge is 2.08. The Kier molecular flexibility index (Phi) is 5.34. The number of carbonyl (C=O) groups excluding carboxylic acids is 1. The van der Waals surface area contributed by atoms with Crippen LogP contribution in [0.4, 0.5) is 5.69 Å². The molecule has 6 nitrogen and oxygen atoms in total. The van der Waals surface area contributed by atoms with Crippen LogP contribution in [0.2, 0.25) is 0 Å². The van der Waals surface area contributed by atoms with Gasteiger partial charge < -0.3 is 5.32 Å². The second kappa shape index (κ2) is 8.22. The number of anilines is 1. The van der Waals surface area contributed by atoms with E-state index in [1.54, 1.807) is 16.3 Å². The minimum atomic E-state index is -0.0175. The highest BCUT2D eigenvalue weighted by atomic mass is 32.2. The smallest absolute Gasteiger partial charge is 0.234 e. The van der Waals surface area contributed by atoms with Crippen LogP contribution in [0, 0.1) is 6.92 Å². The third kappa shape index (κ3) is 4.20. The first-order chi connectivity index (χ1) is 13.7. The zero-order chi connectivity index (χ0) is 19.3. The first-order valence-corrected chi connectivity index (χ1v) is 10.1. The van der Waals surface area contributed by atoms with E-state index in [0.717, 1.165) is 28.5 Å². The second-order valence-electron chi connectivity index (χ2n) is 6.34.